The molecular formula is C19H19N5O2. The van der Waals surface area contributed by atoms with Crippen LogP contribution in [-0.2, 0) is 11.8 Å². The molecule has 0 aliphatic carbocycles. The Bertz CT molecular complexity index is 943. The summed E-state index contributed by atoms with van der Waals surface area (Å²) in [7, 11) is 1.74. The number of hydrogen-bond acceptors (Lipinski definition) is 6. The van der Waals surface area contributed by atoms with Crippen LogP contribution in [0, 0.1) is 0 Å². The number of hydrogen-bond donors (Lipinski definition) is 0. The Morgan fingerprint density at radius 3 is 2.77 bits per heavy atom. The molecule has 1 unspecified atom stereocenters. The Hall–Kier alpha value is -3.06. The molecule has 1 aliphatic heterocycles. The number of anilines is 1. The summed E-state index contributed by atoms with van der Waals surface area (Å²) in [4.78, 5) is 27.4. The van der Waals surface area contributed by atoms with Crippen molar-refractivity contribution < 1.29 is 4.74 Å². The van der Waals surface area contributed by atoms with Crippen molar-refractivity contribution in [3.63, 3.8) is 0 Å². The summed E-state index contributed by atoms with van der Waals surface area (Å²) >= 11 is 0. The predicted octanol–water partition coefficient (Wildman–Crippen LogP) is 1.82. The average molecular weight is 349 g/mol. The van der Waals surface area contributed by atoms with E-state index >= 15 is 0 Å². The van der Waals surface area contributed by atoms with Crippen molar-refractivity contribution in [3.05, 3.63) is 70.9 Å². The highest BCUT2D eigenvalue weighted by Gasteiger charge is 2.25. The maximum atomic E-state index is 12.4. The van der Waals surface area contributed by atoms with Crippen LogP contribution in [-0.4, -0.2) is 39.2 Å². The van der Waals surface area contributed by atoms with Gasteiger partial charge in [-0.05, 0) is 11.6 Å². The Labute approximate surface area is 150 Å². The van der Waals surface area contributed by atoms with Gasteiger partial charge in [0.25, 0.3) is 5.56 Å². The van der Waals surface area contributed by atoms with Crippen LogP contribution in [0.15, 0.2) is 59.8 Å². The van der Waals surface area contributed by atoms with E-state index in [0.29, 0.717) is 37.0 Å². The van der Waals surface area contributed by atoms with Gasteiger partial charge in [0.15, 0.2) is 0 Å². The van der Waals surface area contributed by atoms with Gasteiger partial charge in [0, 0.05) is 25.9 Å². The first-order valence-corrected chi connectivity index (χ1v) is 8.48. The van der Waals surface area contributed by atoms with Gasteiger partial charge < -0.3 is 9.64 Å². The fourth-order valence-electron chi connectivity index (χ4n) is 3.08. The zero-order valence-corrected chi connectivity index (χ0v) is 14.4. The van der Waals surface area contributed by atoms with Gasteiger partial charge in [0.2, 0.25) is 5.95 Å². The fourth-order valence-corrected chi connectivity index (χ4v) is 3.08. The fraction of sp³-hybridized carbons (Fsp3) is 0.263. The molecule has 0 bridgehead atoms. The molecule has 26 heavy (non-hydrogen) atoms. The van der Waals surface area contributed by atoms with Gasteiger partial charge in [0.1, 0.15) is 12.4 Å². The molecule has 0 radical (unpaired) electrons. The van der Waals surface area contributed by atoms with Crippen LogP contribution >= 0.6 is 0 Å². The van der Waals surface area contributed by atoms with E-state index in [2.05, 4.69) is 27.0 Å². The second kappa shape index (κ2) is 7.05. The third-order valence-electron chi connectivity index (χ3n) is 4.48. The molecule has 0 N–H and O–H groups in total. The Kier molecular flexibility index (Phi) is 4.45. The average Bonchev–Trinajstić information content (AvgIpc) is 2.71. The molecule has 4 rings (SSSR count). The number of rotatable bonds is 3. The smallest absolute Gasteiger partial charge is 0.255 e. The summed E-state index contributed by atoms with van der Waals surface area (Å²) in [6, 6.07) is 13.3. The maximum absolute atomic E-state index is 12.4. The molecule has 0 amide bonds. The minimum atomic E-state index is -0.119. The van der Waals surface area contributed by atoms with Gasteiger partial charge in [0.05, 0.1) is 24.5 Å². The standard InChI is InChI=1S/C19H19N5O2/c1-23-18(25)11-16(15-7-8-20-13-21-15)22-19(23)24-9-10-26-17(12-24)14-5-3-2-4-6-14/h2-8,11,13,17H,9-10,12H2,1H3. The summed E-state index contributed by atoms with van der Waals surface area (Å²) < 4.78 is 7.49. The topological polar surface area (TPSA) is 73.1 Å². The highest BCUT2D eigenvalue weighted by molar-refractivity contribution is 5.55. The van der Waals surface area contributed by atoms with E-state index in [-0.39, 0.29) is 11.7 Å². The Morgan fingerprint density at radius 1 is 1.15 bits per heavy atom. The first-order chi connectivity index (χ1) is 12.7. The van der Waals surface area contributed by atoms with E-state index in [0.717, 1.165) is 5.56 Å². The maximum Gasteiger partial charge on any atom is 0.255 e. The highest BCUT2D eigenvalue weighted by Crippen LogP contribution is 2.25. The van der Waals surface area contributed by atoms with E-state index in [1.165, 1.54) is 12.4 Å². The number of morpholine rings is 1. The van der Waals surface area contributed by atoms with Crippen molar-refractivity contribution >= 4 is 5.95 Å². The van der Waals surface area contributed by atoms with Gasteiger partial charge >= 0.3 is 0 Å². The molecule has 0 saturated carbocycles. The zero-order chi connectivity index (χ0) is 17.9. The lowest BCUT2D eigenvalue weighted by Crippen LogP contribution is -2.41. The molecular weight excluding hydrogens is 330 g/mol. The molecule has 1 saturated heterocycles. The molecule has 3 heterocycles. The molecule has 1 aromatic carbocycles. The third-order valence-corrected chi connectivity index (χ3v) is 4.48. The van der Waals surface area contributed by atoms with Crippen LogP contribution in [0.25, 0.3) is 11.4 Å². The van der Waals surface area contributed by atoms with Crippen molar-refractivity contribution in [2.24, 2.45) is 7.05 Å². The third kappa shape index (κ3) is 3.21. The van der Waals surface area contributed by atoms with Gasteiger partial charge in [-0.3, -0.25) is 9.36 Å². The predicted molar refractivity (Wildman–Crippen MR) is 97.9 cm³/mol. The highest BCUT2D eigenvalue weighted by atomic mass is 16.5. The summed E-state index contributed by atoms with van der Waals surface area (Å²) in [6.07, 6.45) is 3.04. The quantitative estimate of drug-likeness (QED) is 0.718. The van der Waals surface area contributed by atoms with Crippen LogP contribution in [0.5, 0.6) is 0 Å². The van der Waals surface area contributed by atoms with Crippen molar-refractivity contribution in [3.8, 4) is 11.4 Å². The van der Waals surface area contributed by atoms with Crippen molar-refractivity contribution in [2.45, 2.75) is 6.10 Å². The minimum absolute atomic E-state index is 0.0513. The van der Waals surface area contributed by atoms with Crippen molar-refractivity contribution in [1.82, 2.24) is 19.5 Å². The molecule has 132 valence electrons. The number of nitrogens with zero attached hydrogens (tertiary/aromatic N) is 5. The molecule has 0 spiro atoms. The molecule has 1 aliphatic rings. The molecule has 7 nitrogen and oxygen atoms in total. The van der Waals surface area contributed by atoms with E-state index in [1.54, 1.807) is 23.9 Å². The summed E-state index contributed by atoms with van der Waals surface area (Å²) in [5, 5.41) is 0. The first-order valence-electron chi connectivity index (χ1n) is 8.48. The molecule has 1 atom stereocenters. The van der Waals surface area contributed by atoms with Crippen LogP contribution in [0.1, 0.15) is 11.7 Å². The zero-order valence-electron chi connectivity index (χ0n) is 14.4. The lowest BCUT2D eigenvalue weighted by Gasteiger charge is -2.34. The minimum Gasteiger partial charge on any atom is -0.370 e. The van der Waals surface area contributed by atoms with Gasteiger partial charge in [-0.15, -0.1) is 0 Å². The molecule has 2 aromatic heterocycles. The van der Waals surface area contributed by atoms with E-state index < -0.39 is 0 Å². The lowest BCUT2D eigenvalue weighted by molar-refractivity contribution is 0.0390. The van der Waals surface area contributed by atoms with Crippen molar-refractivity contribution in [1.29, 1.82) is 0 Å². The molecule has 3 aromatic rings. The second-order valence-electron chi connectivity index (χ2n) is 6.15. The van der Waals surface area contributed by atoms with E-state index in [9.17, 15) is 4.79 Å². The van der Waals surface area contributed by atoms with Crippen molar-refractivity contribution in [2.75, 3.05) is 24.6 Å². The SMILES string of the molecule is Cn1c(N2CCOC(c3ccccc3)C2)nc(-c2ccncn2)cc1=O. The normalized spacial score (nSPS) is 17.3. The number of benzene rings is 1. The molecule has 7 heteroatoms. The monoisotopic (exact) mass is 349 g/mol. The summed E-state index contributed by atoms with van der Waals surface area (Å²) in [5.74, 6) is 0.621. The largest absolute Gasteiger partial charge is 0.370 e. The van der Waals surface area contributed by atoms with Crippen LogP contribution < -0.4 is 10.5 Å². The van der Waals surface area contributed by atoms with Gasteiger partial charge in [-0.2, -0.15) is 0 Å². The molecule has 1 fully saturated rings. The van der Waals surface area contributed by atoms with Gasteiger partial charge in [-0.1, -0.05) is 30.3 Å². The lowest BCUT2D eigenvalue weighted by atomic mass is 10.1. The number of aromatic nitrogens is 4. The second-order valence-corrected chi connectivity index (χ2v) is 6.15. The Morgan fingerprint density at radius 2 is 2.00 bits per heavy atom. The Balaban J connectivity index is 1.68. The first kappa shape index (κ1) is 16.4. The van der Waals surface area contributed by atoms with Crippen LogP contribution in [0.2, 0.25) is 0 Å². The summed E-state index contributed by atoms with van der Waals surface area (Å²) in [6.45, 7) is 1.89. The van der Waals surface area contributed by atoms with E-state index in [4.69, 9.17) is 9.72 Å². The van der Waals surface area contributed by atoms with Crippen LogP contribution in [0.3, 0.4) is 0 Å². The van der Waals surface area contributed by atoms with E-state index in [1.807, 2.05) is 18.2 Å². The van der Waals surface area contributed by atoms with Crippen LogP contribution in [0.4, 0.5) is 5.95 Å². The van der Waals surface area contributed by atoms with Gasteiger partial charge in [-0.25, -0.2) is 15.0 Å². The summed E-state index contributed by atoms with van der Waals surface area (Å²) in [5.41, 5.74) is 2.18. The number of ether oxygens (including phenoxy) is 1.